The van der Waals surface area contributed by atoms with Crippen LogP contribution in [0, 0.1) is 0 Å². The van der Waals surface area contributed by atoms with Crippen LogP contribution in [0.4, 0.5) is 11.8 Å². The second-order valence-corrected chi connectivity index (χ2v) is 7.38. The van der Waals surface area contributed by atoms with Crippen molar-refractivity contribution >= 4 is 29.9 Å². The van der Waals surface area contributed by atoms with Crippen molar-refractivity contribution in [1.82, 2.24) is 15.3 Å². The van der Waals surface area contributed by atoms with Gasteiger partial charge in [-0.15, -0.1) is 0 Å². The zero-order valence-electron chi connectivity index (χ0n) is 17.3. The van der Waals surface area contributed by atoms with Crippen LogP contribution in [0.15, 0.2) is 29.1 Å². The number of nitrogen functional groups attached to an aromatic ring is 2. The number of carbonyl (C=O) groups is 3. The van der Waals surface area contributed by atoms with Crippen LogP contribution in [-0.2, 0) is 16.0 Å². The molecule has 2 rings (SSSR count). The lowest BCUT2D eigenvalue weighted by atomic mass is 9.93. The molecule has 1 heterocycles. The maximum Gasteiger partial charge on any atom is 0.303 e. The summed E-state index contributed by atoms with van der Waals surface area (Å²) in [7, 11) is 0. The van der Waals surface area contributed by atoms with Gasteiger partial charge in [0.05, 0.1) is 5.56 Å². The lowest BCUT2D eigenvalue weighted by molar-refractivity contribution is -0.137. The number of aromatic amines is 1. The number of carboxylic acid groups (broad SMARTS) is 1. The van der Waals surface area contributed by atoms with E-state index in [1.807, 2.05) is 0 Å². The Morgan fingerprint density at radius 3 is 2.48 bits per heavy atom. The highest BCUT2D eigenvalue weighted by atomic mass is 16.4. The molecule has 0 radical (unpaired) electrons. The maximum atomic E-state index is 12.3. The summed E-state index contributed by atoms with van der Waals surface area (Å²) >= 11 is 0. The lowest BCUT2D eigenvalue weighted by Crippen LogP contribution is -2.32. The van der Waals surface area contributed by atoms with Gasteiger partial charge in [-0.3, -0.25) is 19.4 Å². The predicted molar refractivity (Wildman–Crippen MR) is 116 cm³/mol. The first-order chi connectivity index (χ1) is 14.7. The van der Waals surface area contributed by atoms with E-state index < -0.39 is 11.9 Å². The van der Waals surface area contributed by atoms with E-state index in [2.05, 4.69) is 15.3 Å². The number of aliphatic carboxylic acids is 1. The minimum atomic E-state index is -0.912. The maximum absolute atomic E-state index is 12.3. The summed E-state index contributed by atoms with van der Waals surface area (Å²) in [5.41, 5.74) is 12.3. The van der Waals surface area contributed by atoms with Gasteiger partial charge in [0.2, 0.25) is 5.95 Å². The van der Waals surface area contributed by atoms with Gasteiger partial charge in [-0.1, -0.05) is 12.1 Å². The van der Waals surface area contributed by atoms with Gasteiger partial charge in [0.1, 0.15) is 12.1 Å². The van der Waals surface area contributed by atoms with Gasteiger partial charge in [0.25, 0.3) is 11.5 Å². The van der Waals surface area contributed by atoms with E-state index in [9.17, 15) is 19.2 Å². The third kappa shape index (κ3) is 6.95. The molecule has 166 valence electrons. The molecule has 0 aliphatic rings. The fourth-order valence-electron chi connectivity index (χ4n) is 3.19. The number of nitrogens with zero attached hydrogens (tertiary/aromatic N) is 1. The van der Waals surface area contributed by atoms with Crippen LogP contribution in [0.25, 0.3) is 0 Å². The second-order valence-electron chi connectivity index (χ2n) is 7.38. The average Bonchev–Trinajstić information content (AvgIpc) is 2.71. The molecule has 1 aromatic carbocycles. The second kappa shape index (κ2) is 10.9. The SMILES string of the molecule is C[C@H](CCC(=O)O)NC(=O)c1ccc(C(C=O)CCCc2c(N)nc(N)[nH]c2=O)cc1. The topological polar surface area (TPSA) is 181 Å². The van der Waals surface area contributed by atoms with E-state index in [1.165, 1.54) is 0 Å². The number of nitrogens with one attached hydrogen (secondary N) is 2. The minimum Gasteiger partial charge on any atom is -0.481 e. The van der Waals surface area contributed by atoms with E-state index in [0.717, 1.165) is 11.8 Å². The van der Waals surface area contributed by atoms with E-state index in [-0.39, 0.29) is 35.7 Å². The molecule has 31 heavy (non-hydrogen) atoms. The quantitative estimate of drug-likeness (QED) is 0.330. The van der Waals surface area contributed by atoms with Gasteiger partial charge in [-0.25, -0.2) is 0 Å². The highest BCUT2D eigenvalue weighted by molar-refractivity contribution is 5.94. The first-order valence-electron chi connectivity index (χ1n) is 9.93. The van der Waals surface area contributed by atoms with Crippen LogP contribution in [0.5, 0.6) is 0 Å². The summed E-state index contributed by atoms with van der Waals surface area (Å²) in [6.07, 6.45) is 2.52. The zero-order valence-corrected chi connectivity index (χ0v) is 17.3. The lowest BCUT2D eigenvalue weighted by Gasteiger charge is -2.14. The van der Waals surface area contributed by atoms with E-state index in [1.54, 1.807) is 31.2 Å². The number of hydrogen-bond donors (Lipinski definition) is 5. The number of carbonyl (C=O) groups excluding carboxylic acids is 2. The third-order valence-corrected chi connectivity index (χ3v) is 4.94. The Kier molecular flexibility index (Phi) is 8.30. The van der Waals surface area contributed by atoms with Crippen molar-refractivity contribution in [1.29, 1.82) is 0 Å². The normalized spacial score (nSPS) is 12.7. The fraction of sp³-hybridized carbons (Fsp3) is 0.381. The summed E-state index contributed by atoms with van der Waals surface area (Å²) in [5.74, 6) is -1.58. The average molecular weight is 429 g/mol. The van der Waals surface area contributed by atoms with Crippen molar-refractivity contribution in [3.05, 3.63) is 51.3 Å². The third-order valence-electron chi connectivity index (χ3n) is 4.94. The molecule has 0 bridgehead atoms. The van der Waals surface area contributed by atoms with Crippen LogP contribution in [0.3, 0.4) is 0 Å². The number of rotatable bonds is 11. The van der Waals surface area contributed by atoms with E-state index in [4.69, 9.17) is 16.6 Å². The summed E-state index contributed by atoms with van der Waals surface area (Å²) in [4.78, 5) is 52.6. The van der Waals surface area contributed by atoms with Crippen LogP contribution >= 0.6 is 0 Å². The van der Waals surface area contributed by atoms with Gasteiger partial charge in [0.15, 0.2) is 0 Å². The summed E-state index contributed by atoms with van der Waals surface area (Å²) in [6.45, 7) is 1.74. The van der Waals surface area contributed by atoms with Crippen LogP contribution < -0.4 is 22.3 Å². The Hall–Kier alpha value is -3.69. The van der Waals surface area contributed by atoms with Gasteiger partial charge in [0, 0.05) is 23.9 Å². The van der Waals surface area contributed by atoms with Gasteiger partial charge < -0.3 is 26.7 Å². The molecule has 1 amide bonds. The van der Waals surface area contributed by atoms with Crippen molar-refractivity contribution in [3.8, 4) is 0 Å². The summed E-state index contributed by atoms with van der Waals surface area (Å²) in [6, 6.07) is 6.39. The zero-order chi connectivity index (χ0) is 23.0. The molecule has 0 aliphatic heterocycles. The molecular weight excluding hydrogens is 402 g/mol. The van der Waals surface area contributed by atoms with E-state index in [0.29, 0.717) is 36.8 Å². The first kappa shape index (κ1) is 23.6. The molecule has 0 saturated heterocycles. The number of amides is 1. The van der Waals surface area contributed by atoms with Crippen molar-refractivity contribution < 1.29 is 19.5 Å². The molecule has 0 aliphatic carbocycles. The Morgan fingerprint density at radius 2 is 1.90 bits per heavy atom. The van der Waals surface area contributed by atoms with Crippen molar-refractivity contribution in [2.75, 3.05) is 11.5 Å². The Balaban J connectivity index is 1.94. The molecule has 7 N–H and O–H groups in total. The molecule has 2 aromatic rings. The number of benzene rings is 1. The number of anilines is 2. The van der Waals surface area contributed by atoms with Crippen molar-refractivity contribution in [2.24, 2.45) is 0 Å². The Labute approximate surface area is 179 Å². The standard InChI is InChI=1S/C21H27N5O5/c1-12(5-10-17(28)29)24-19(30)14-8-6-13(7-9-14)15(11-27)3-2-4-16-18(22)25-21(23)26-20(16)31/h6-9,11-12,15H,2-5,10H2,1H3,(H,24,30)(H,28,29)(H5,22,23,25,26,31)/t12-,15?/m1/s1. The van der Waals surface area contributed by atoms with Crippen LogP contribution in [0.2, 0.25) is 0 Å². The van der Waals surface area contributed by atoms with E-state index >= 15 is 0 Å². The largest absolute Gasteiger partial charge is 0.481 e. The Bertz CT molecular complexity index is 987. The van der Waals surface area contributed by atoms with Gasteiger partial charge in [-0.05, 0) is 50.3 Å². The van der Waals surface area contributed by atoms with Crippen LogP contribution in [-0.4, -0.2) is 39.3 Å². The number of aldehydes is 1. The highest BCUT2D eigenvalue weighted by Gasteiger charge is 2.15. The number of aromatic nitrogens is 2. The molecule has 10 heteroatoms. The minimum absolute atomic E-state index is 0.0225. The molecular formula is C21H27N5O5. The van der Waals surface area contributed by atoms with Gasteiger partial charge >= 0.3 is 5.97 Å². The molecule has 0 fully saturated rings. The number of nitrogens with two attached hydrogens (primary N) is 2. The fourth-order valence-corrected chi connectivity index (χ4v) is 3.19. The molecule has 0 saturated carbocycles. The van der Waals surface area contributed by atoms with Crippen molar-refractivity contribution in [2.45, 2.75) is 51.0 Å². The van der Waals surface area contributed by atoms with Gasteiger partial charge in [-0.2, -0.15) is 4.98 Å². The molecule has 10 nitrogen and oxygen atoms in total. The highest BCUT2D eigenvalue weighted by Crippen LogP contribution is 2.21. The number of carboxylic acids is 1. The smallest absolute Gasteiger partial charge is 0.303 e. The van der Waals surface area contributed by atoms with Crippen LogP contribution in [0.1, 0.15) is 60.0 Å². The Morgan fingerprint density at radius 1 is 1.23 bits per heavy atom. The predicted octanol–water partition coefficient (Wildman–Crippen LogP) is 1.22. The molecule has 2 atom stereocenters. The summed E-state index contributed by atoms with van der Waals surface area (Å²) in [5, 5.41) is 11.5. The molecule has 1 aromatic heterocycles. The van der Waals surface area contributed by atoms with Crippen molar-refractivity contribution in [3.63, 3.8) is 0 Å². The molecule has 0 spiro atoms. The number of hydrogen-bond acceptors (Lipinski definition) is 7. The first-order valence-corrected chi connectivity index (χ1v) is 9.93. The summed E-state index contributed by atoms with van der Waals surface area (Å²) < 4.78 is 0. The monoisotopic (exact) mass is 429 g/mol. The molecule has 1 unspecified atom stereocenters. The number of H-pyrrole nitrogens is 1.